The Morgan fingerprint density at radius 1 is 0.156 bits per heavy atom. The fraction of sp³-hybridized carbons (Fsp3) is 0.960. The van der Waals surface area contributed by atoms with Gasteiger partial charge in [-0.1, -0.05) is 518 Å². The zero-order valence-electron chi connectivity index (χ0n) is 75.5. The van der Waals surface area contributed by atoms with Gasteiger partial charge in [-0.25, -0.2) is 0 Å². The van der Waals surface area contributed by atoms with Crippen molar-refractivity contribution in [1.82, 2.24) is 0 Å². The highest BCUT2D eigenvalue weighted by molar-refractivity contribution is 5.74. The van der Waals surface area contributed by atoms with E-state index in [4.69, 9.17) is 18.9 Å². The van der Waals surface area contributed by atoms with Gasteiger partial charge in [-0.05, 0) is 51.4 Å². The molecule has 0 aromatic heterocycles. The fourth-order valence-electron chi connectivity index (χ4n) is 16.7. The normalized spacial score (nSPS) is 13.4. The predicted molar refractivity (Wildman–Crippen MR) is 475 cm³/mol. The Morgan fingerprint density at radius 2 is 0.248 bits per heavy atom. The molecule has 0 fully saturated rings. The molecule has 8 nitrogen and oxygen atoms in total. The summed E-state index contributed by atoms with van der Waals surface area (Å²) in [6, 6.07) is 0. The quantitative estimate of drug-likeness (QED) is 0.0337. The zero-order chi connectivity index (χ0) is 79.3. The second-order valence-corrected chi connectivity index (χ2v) is 35.7. The van der Waals surface area contributed by atoms with E-state index >= 15 is 19.2 Å². The van der Waals surface area contributed by atoms with Crippen LogP contribution in [0.15, 0.2) is 0 Å². The first-order valence-electron chi connectivity index (χ1n) is 50.3. The number of hydrogen-bond acceptors (Lipinski definition) is 8. The Bertz CT molecular complexity index is 1590. The molecule has 0 aliphatic carbocycles. The van der Waals surface area contributed by atoms with Crippen molar-refractivity contribution in [2.75, 3.05) is 26.4 Å². The van der Waals surface area contributed by atoms with E-state index in [1.54, 1.807) is 0 Å². The largest absolute Gasteiger partial charge is 0.464 e. The minimum atomic E-state index is -1.29. The average Bonchev–Trinajstić information content (AvgIpc) is 0.838. The van der Waals surface area contributed by atoms with Crippen molar-refractivity contribution < 1.29 is 38.1 Å². The number of hydrogen-bond donors (Lipinski definition) is 0. The third-order valence-corrected chi connectivity index (χ3v) is 24.7. The summed E-state index contributed by atoms with van der Waals surface area (Å²) in [5.41, 5.74) is -1.29. The van der Waals surface area contributed by atoms with Crippen molar-refractivity contribution in [3.63, 3.8) is 0 Å². The lowest BCUT2D eigenvalue weighted by molar-refractivity contribution is -0.176. The van der Waals surface area contributed by atoms with Crippen molar-refractivity contribution in [2.45, 2.75) is 569 Å². The molecule has 0 spiro atoms. The van der Waals surface area contributed by atoms with Crippen LogP contribution >= 0.6 is 0 Å². The van der Waals surface area contributed by atoms with Crippen LogP contribution < -0.4 is 0 Å². The lowest BCUT2D eigenvalue weighted by Gasteiger charge is -2.33. The first kappa shape index (κ1) is 107. The molecule has 648 valence electrons. The van der Waals surface area contributed by atoms with Crippen LogP contribution in [0.1, 0.15) is 569 Å². The van der Waals surface area contributed by atoms with Crippen molar-refractivity contribution in [3.05, 3.63) is 0 Å². The SMILES string of the molecule is CCCCCCCCCCCCC(CCCCCCCCCC)C(=O)OCC(COC(=O)C(CCCCCCCCCC)CCCCCCCCCCCC)(COC(=O)C(CCCCCCCCCC)CCCCCCCCCCCC)COC(=O)C(CCCCCCCCCC)CCCCCCCCCCCC. The van der Waals surface area contributed by atoms with Gasteiger partial charge in [0, 0.05) is 0 Å². The molecule has 0 heterocycles. The average molecular weight is 1540 g/mol. The van der Waals surface area contributed by atoms with Gasteiger partial charge in [-0.3, -0.25) is 19.2 Å². The van der Waals surface area contributed by atoms with Crippen LogP contribution in [0.2, 0.25) is 0 Å². The Hall–Kier alpha value is -2.12. The molecule has 0 aromatic carbocycles. The van der Waals surface area contributed by atoms with Crippen LogP contribution in [0.25, 0.3) is 0 Å². The Kier molecular flexibility index (Phi) is 85.0. The summed E-state index contributed by atoms with van der Waals surface area (Å²) < 4.78 is 27.2. The van der Waals surface area contributed by atoms with Crippen LogP contribution in [0.4, 0.5) is 0 Å². The van der Waals surface area contributed by atoms with E-state index in [9.17, 15) is 0 Å². The van der Waals surface area contributed by atoms with Gasteiger partial charge >= 0.3 is 23.9 Å². The molecule has 0 aromatic rings. The highest BCUT2D eigenvalue weighted by atomic mass is 16.6. The molecule has 0 aliphatic heterocycles. The first-order valence-corrected chi connectivity index (χ1v) is 50.3. The van der Waals surface area contributed by atoms with Gasteiger partial charge in [0.15, 0.2) is 0 Å². The molecule has 0 amide bonds. The molecule has 0 aliphatic rings. The maximum Gasteiger partial charge on any atom is 0.308 e. The number of ether oxygens (including phenoxy) is 4. The number of esters is 4. The predicted octanol–water partition coefficient (Wildman–Crippen LogP) is 34.0. The monoisotopic (exact) mass is 1540 g/mol. The second kappa shape index (κ2) is 86.7. The highest BCUT2D eigenvalue weighted by Gasteiger charge is 2.41. The summed E-state index contributed by atoms with van der Waals surface area (Å²) in [6.45, 7) is 17.7. The van der Waals surface area contributed by atoms with E-state index in [0.29, 0.717) is 0 Å². The van der Waals surface area contributed by atoms with Crippen LogP contribution in [0, 0.1) is 29.1 Å². The Balaban J connectivity index is 7.86. The van der Waals surface area contributed by atoms with Gasteiger partial charge in [0.1, 0.15) is 31.8 Å². The molecule has 0 rings (SSSR count). The van der Waals surface area contributed by atoms with E-state index < -0.39 is 5.41 Å². The van der Waals surface area contributed by atoms with E-state index in [-0.39, 0.29) is 74.0 Å². The number of rotatable bonds is 92. The molecule has 0 radical (unpaired) electrons. The van der Waals surface area contributed by atoms with Gasteiger partial charge in [0.05, 0.1) is 23.7 Å². The summed E-state index contributed by atoms with van der Waals surface area (Å²) in [5.74, 6) is -1.86. The fourth-order valence-corrected chi connectivity index (χ4v) is 16.7. The molecule has 0 N–H and O–H groups in total. The Morgan fingerprint density at radius 3 is 0.349 bits per heavy atom. The van der Waals surface area contributed by atoms with E-state index in [2.05, 4.69) is 55.4 Å². The summed E-state index contributed by atoms with van der Waals surface area (Å²) in [5, 5.41) is 0. The van der Waals surface area contributed by atoms with Crippen LogP contribution in [0.3, 0.4) is 0 Å². The molecule has 109 heavy (non-hydrogen) atoms. The summed E-state index contributed by atoms with van der Waals surface area (Å²) in [4.78, 5) is 61.1. The molecular weight excluding hydrogens is 1340 g/mol. The standard InChI is InChI=1S/C101H196O8/c1-9-17-25-33-41-49-53-61-69-77-85-93(81-73-65-57-45-37-29-21-13-5)97(102)106-89-101(90-107-98(103)94(82-74-66-58-46-38-30-22-14-6)86-78-70-62-54-50-42-34-26-18-10-2,91-108-99(104)95(83-75-67-59-47-39-31-23-15-7)87-79-71-63-55-51-43-35-27-19-11-3)92-109-100(105)96(84-76-68-60-48-40-32-24-16-8)88-80-72-64-56-52-44-36-28-20-12-4/h93-96H,9-92H2,1-8H3. The summed E-state index contributed by atoms with van der Waals surface area (Å²) in [7, 11) is 0. The molecule has 0 saturated carbocycles. The van der Waals surface area contributed by atoms with Gasteiger partial charge < -0.3 is 18.9 Å². The summed E-state index contributed by atoms with van der Waals surface area (Å²) in [6.07, 6.45) is 94.5. The van der Waals surface area contributed by atoms with E-state index in [1.165, 1.54) is 360 Å². The Labute approximate surface area is 682 Å². The minimum absolute atomic E-state index is 0.144. The number of unbranched alkanes of at least 4 members (excludes halogenated alkanes) is 64. The summed E-state index contributed by atoms with van der Waals surface area (Å²) >= 11 is 0. The van der Waals surface area contributed by atoms with Crippen LogP contribution in [0.5, 0.6) is 0 Å². The lowest BCUT2D eigenvalue weighted by atomic mass is 9.90. The van der Waals surface area contributed by atoms with Crippen LogP contribution in [-0.4, -0.2) is 50.3 Å². The minimum Gasteiger partial charge on any atom is -0.464 e. The number of carbonyl (C=O) groups is 4. The molecule has 4 unspecified atom stereocenters. The maximum absolute atomic E-state index is 15.3. The number of carbonyl (C=O) groups excluding carboxylic acids is 4. The molecule has 0 bridgehead atoms. The molecule has 4 atom stereocenters. The maximum atomic E-state index is 15.3. The van der Waals surface area contributed by atoms with Crippen molar-refractivity contribution in [1.29, 1.82) is 0 Å². The van der Waals surface area contributed by atoms with E-state index in [1.807, 2.05) is 0 Å². The highest BCUT2D eigenvalue weighted by Crippen LogP contribution is 2.32. The van der Waals surface area contributed by atoms with Crippen molar-refractivity contribution in [2.24, 2.45) is 29.1 Å². The lowest BCUT2D eigenvalue weighted by Crippen LogP contribution is -2.45. The first-order chi connectivity index (χ1) is 53.6. The van der Waals surface area contributed by atoms with Crippen LogP contribution in [-0.2, 0) is 38.1 Å². The van der Waals surface area contributed by atoms with Gasteiger partial charge in [-0.2, -0.15) is 0 Å². The third kappa shape index (κ3) is 72.1. The molecule has 8 heteroatoms. The zero-order valence-corrected chi connectivity index (χ0v) is 75.5. The third-order valence-electron chi connectivity index (χ3n) is 24.7. The second-order valence-electron chi connectivity index (χ2n) is 35.7. The van der Waals surface area contributed by atoms with Gasteiger partial charge in [0.2, 0.25) is 0 Å². The molecular formula is C101H196O8. The van der Waals surface area contributed by atoms with Crippen molar-refractivity contribution in [3.8, 4) is 0 Å². The van der Waals surface area contributed by atoms with Gasteiger partial charge in [0.25, 0.3) is 0 Å². The van der Waals surface area contributed by atoms with Crippen molar-refractivity contribution >= 4 is 23.9 Å². The molecule has 0 saturated heterocycles. The van der Waals surface area contributed by atoms with E-state index in [0.717, 1.165) is 154 Å². The van der Waals surface area contributed by atoms with Gasteiger partial charge in [-0.15, -0.1) is 0 Å². The smallest absolute Gasteiger partial charge is 0.308 e. The topological polar surface area (TPSA) is 105 Å².